The summed E-state index contributed by atoms with van der Waals surface area (Å²) in [6.07, 6.45) is 0.868. The van der Waals surface area contributed by atoms with Gasteiger partial charge in [0.15, 0.2) is 0 Å². The summed E-state index contributed by atoms with van der Waals surface area (Å²) in [5.41, 5.74) is 2.79. The number of rotatable bonds is 2. The summed E-state index contributed by atoms with van der Waals surface area (Å²) in [5.74, 6) is 0.265. The fourth-order valence-electron chi connectivity index (χ4n) is 5.37. The molecule has 1 N–H and O–H groups in total. The van der Waals surface area contributed by atoms with E-state index in [0.717, 1.165) is 90.7 Å². The highest BCUT2D eigenvalue weighted by molar-refractivity contribution is 7.99. The number of likely N-dealkylation sites (tertiary alicyclic amines) is 1. The molecule has 0 unspecified atom stereocenters. The van der Waals surface area contributed by atoms with Gasteiger partial charge >= 0.3 is 6.18 Å². The van der Waals surface area contributed by atoms with E-state index in [0.29, 0.717) is 11.5 Å². The lowest BCUT2D eigenvalue weighted by Gasteiger charge is -2.35. The standard InChI is InChI=1S/C26H27F4NOS/c27-19-4-7-21-24(14-19)33-23-8-3-18(26(28,29)30)13-22(23)25(21)17-9-11-31(12-10-17)15-16-1-5-20(32)6-2-16/h3-4,7-8,13-14,16,20,32H,1-2,5-6,9-12,15H2/t16-,20-. The molecule has 0 amide bonds. The number of piperidine rings is 1. The molecule has 0 bridgehead atoms. The van der Waals surface area contributed by atoms with E-state index >= 15 is 0 Å². The number of fused-ring (bicyclic) bond motifs is 2. The Morgan fingerprint density at radius 2 is 1.64 bits per heavy atom. The van der Waals surface area contributed by atoms with Crippen LogP contribution in [0.3, 0.4) is 0 Å². The van der Waals surface area contributed by atoms with Crippen molar-refractivity contribution in [1.29, 1.82) is 0 Å². The van der Waals surface area contributed by atoms with Crippen molar-refractivity contribution < 1.29 is 22.7 Å². The van der Waals surface area contributed by atoms with Gasteiger partial charge in [-0.05, 0) is 91.5 Å². The topological polar surface area (TPSA) is 23.5 Å². The molecule has 2 aromatic carbocycles. The number of aliphatic hydroxyl groups excluding tert-OH is 1. The largest absolute Gasteiger partial charge is 0.416 e. The molecule has 2 aliphatic heterocycles. The Hall–Kier alpha value is -1.83. The van der Waals surface area contributed by atoms with Crippen molar-refractivity contribution in [2.24, 2.45) is 5.92 Å². The second kappa shape index (κ2) is 9.08. The molecular weight excluding hydrogens is 450 g/mol. The van der Waals surface area contributed by atoms with Crippen LogP contribution < -0.4 is 0 Å². The minimum Gasteiger partial charge on any atom is -0.393 e. The van der Waals surface area contributed by atoms with Gasteiger partial charge in [0.25, 0.3) is 0 Å². The Morgan fingerprint density at radius 3 is 2.33 bits per heavy atom. The van der Waals surface area contributed by atoms with Crippen LogP contribution in [0.1, 0.15) is 55.2 Å². The second-order valence-corrected chi connectivity index (χ2v) is 10.5. The highest BCUT2D eigenvalue weighted by atomic mass is 32.2. The van der Waals surface area contributed by atoms with E-state index in [4.69, 9.17) is 0 Å². The maximum Gasteiger partial charge on any atom is 0.416 e. The van der Waals surface area contributed by atoms with Gasteiger partial charge in [0.05, 0.1) is 11.7 Å². The minimum absolute atomic E-state index is 0.158. The molecule has 2 heterocycles. The van der Waals surface area contributed by atoms with Gasteiger partial charge in [-0.1, -0.05) is 23.4 Å². The van der Waals surface area contributed by atoms with Crippen LogP contribution in [0.15, 0.2) is 51.8 Å². The second-order valence-electron chi connectivity index (χ2n) is 9.40. The van der Waals surface area contributed by atoms with E-state index in [-0.39, 0.29) is 11.9 Å². The average molecular weight is 478 g/mol. The SMILES string of the molecule is O[C@H]1CC[C@H](CN2CCC(=C3c4ccc(F)cc4Sc4ccc(C(F)(F)F)cc43)CC2)CC1. The summed E-state index contributed by atoms with van der Waals surface area (Å²) in [7, 11) is 0. The molecule has 0 atom stereocenters. The highest BCUT2D eigenvalue weighted by Crippen LogP contribution is 2.49. The smallest absolute Gasteiger partial charge is 0.393 e. The molecule has 7 heteroatoms. The Morgan fingerprint density at radius 1 is 0.909 bits per heavy atom. The van der Waals surface area contributed by atoms with E-state index in [2.05, 4.69) is 4.90 Å². The van der Waals surface area contributed by atoms with Gasteiger partial charge in [0.1, 0.15) is 5.82 Å². The molecule has 1 saturated heterocycles. The first-order valence-electron chi connectivity index (χ1n) is 11.6. The first-order chi connectivity index (χ1) is 15.8. The van der Waals surface area contributed by atoms with E-state index in [9.17, 15) is 22.7 Å². The van der Waals surface area contributed by atoms with Crippen molar-refractivity contribution in [3.8, 4) is 0 Å². The summed E-state index contributed by atoms with van der Waals surface area (Å²) < 4.78 is 54.4. The molecule has 3 aliphatic rings. The lowest BCUT2D eigenvalue weighted by atomic mass is 9.85. The van der Waals surface area contributed by atoms with E-state index in [1.165, 1.54) is 36.0 Å². The monoisotopic (exact) mass is 477 g/mol. The number of alkyl halides is 3. The van der Waals surface area contributed by atoms with Crippen LogP contribution in [-0.4, -0.2) is 35.7 Å². The maximum atomic E-state index is 14.0. The third-order valence-electron chi connectivity index (χ3n) is 7.15. The summed E-state index contributed by atoms with van der Waals surface area (Å²) in [6, 6.07) is 8.48. The van der Waals surface area contributed by atoms with Crippen LogP contribution in [0.2, 0.25) is 0 Å². The predicted octanol–water partition coefficient (Wildman–Crippen LogP) is 6.76. The Labute approximate surface area is 195 Å². The molecule has 176 valence electrons. The maximum absolute atomic E-state index is 14.0. The summed E-state index contributed by atoms with van der Waals surface area (Å²) >= 11 is 1.34. The van der Waals surface area contributed by atoms with Crippen LogP contribution in [0.5, 0.6) is 0 Å². The van der Waals surface area contributed by atoms with Crippen molar-refractivity contribution in [3.05, 3.63) is 64.5 Å². The minimum atomic E-state index is -4.41. The fourth-order valence-corrected chi connectivity index (χ4v) is 6.47. The van der Waals surface area contributed by atoms with Gasteiger partial charge in [-0.25, -0.2) is 4.39 Å². The number of benzene rings is 2. The van der Waals surface area contributed by atoms with Crippen LogP contribution in [0, 0.1) is 11.7 Å². The van der Waals surface area contributed by atoms with E-state index in [1.54, 1.807) is 6.07 Å². The molecule has 1 aliphatic carbocycles. The number of hydrogen-bond donors (Lipinski definition) is 1. The summed E-state index contributed by atoms with van der Waals surface area (Å²) in [6.45, 7) is 2.76. The van der Waals surface area contributed by atoms with Crippen LogP contribution in [-0.2, 0) is 6.18 Å². The molecule has 0 radical (unpaired) electrons. The van der Waals surface area contributed by atoms with Crippen LogP contribution in [0.4, 0.5) is 17.6 Å². The van der Waals surface area contributed by atoms with Crippen molar-refractivity contribution in [2.75, 3.05) is 19.6 Å². The van der Waals surface area contributed by atoms with Crippen molar-refractivity contribution in [1.82, 2.24) is 4.90 Å². The summed E-state index contributed by atoms with van der Waals surface area (Å²) in [4.78, 5) is 3.95. The van der Waals surface area contributed by atoms with Crippen LogP contribution in [0.25, 0.3) is 5.57 Å². The lowest BCUT2D eigenvalue weighted by Crippen LogP contribution is -2.36. The third kappa shape index (κ3) is 4.86. The van der Waals surface area contributed by atoms with Gasteiger partial charge in [-0.15, -0.1) is 0 Å². The van der Waals surface area contributed by atoms with Crippen molar-refractivity contribution in [3.63, 3.8) is 0 Å². The lowest BCUT2D eigenvalue weighted by molar-refractivity contribution is -0.137. The summed E-state index contributed by atoms with van der Waals surface area (Å²) in [5, 5.41) is 9.74. The molecular formula is C26H27F4NOS. The zero-order chi connectivity index (χ0) is 23.2. The van der Waals surface area contributed by atoms with Crippen molar-refractivity contribution in [2.45, 2.75) is 60.6 Å². The Balaban J connectivity index is 1.44. The Kier molecular flexibility index (Phi) is 6.31. The number of aliphatic hydroxyl groups is 1. The first-order valence-corrected chi connectivity index (χ1v) is 12.4. The molecule has 2 aromatic rings. The molecule has 1 saturated carbocycles. The van der Waals surface area contributed by atoms with Gasteiger partial charge in [-0.3, -0.25) is 0 Å². The van der Waals surface area contributed by atoms with Crippen molar-refractivity contribution >= 4 is 17.3 Å². The zero-order valence-electron chi connectivity index (χ0n) is 18.3. The van der Waals surface area contributed by atoms with Gasteiger partial charge in [0, 0.05) is 29.4 Å². The molecule has 5 rings (SSSR count). The third-order valence-corrected chi connectivity index (χ3v) is 8.29. The van der Waals surface area contributed by atoms with E-state index < -0.39 is 11.7 Å². The fraction of sp³-hybridized carbons (Fsp3) is 0.462. The van der Waals surface area contributed by atoms with E-state index in [1.807, 2.05) is 0 Å². The quantitative estimate of drug-likeness (QED) is 0.413. The zero-order valence-corrected chi connectivity index (χ0v) is 19.1. The predicted molar refractivity (Wildman–Crippen MR) is 122 cm³/mol. The first kappa shape index (κ1) is 22.9. The molecule has 0 spiro atoms. The van der Waals surface area contributed by atoms with Crippen LogP contribution >= 0.6 is 11.8 Å². The number of halogens is 4. The molecule has 0 aromatic heterocycles. The normalized spacial score (nSPS) is 23.9. The molecule has 2 fully saturated rings. The number of hydrogen-bond acceptors (Lipinski definition) is 3. The molecule has 33 heavy (non-hydrogen) atoms. The average Bonchev–Trinajstić information content (AvgIpc) is 2.78. The molecule has 2 nitrogen and oxygen atoms in total. The number of nitrogens with zero attached hydrogens (tertiary/aromatic N) is 1. The van der Waals surface area contributed by atoms with Gasteiger partial charge in [0.2, 0.25) is 0 Å². The highest BCUT2D eigenvalue weighted by Gasteiger charge is 2.34. The van der Waals surface area contributed by atoms with Gasteiger partial charge < -0.3 is 10.0 Å². The van der Waals surface area contributed by atoms with Gasteiger partial charge in [-0.2, -0.15) is 13.2 Å². The Bertz CT molecular complexity index is 1060.